The molecule has 2 rings (SSSR count). The Labute approximate surface area is 118 Å². The topological polar surface area (TPSA) is 32.3 Å². The van der Waals surface area contributed by atoms with Gasteiger partial charge in [-0.3, -0.25) is 9.69 Å². The fraction of sp³-hybridized carbons (Fsp3) is 0.533. The fourth-order valence-electron chi connectivity index (χ4n) is 2.39. The molecular weight excluding hydrogens is 262 g/mol. The number of carbonyl (C=O) groups is 1. The third-order valence-electron chi connectivity index (χ3n) is 3.90. The summed E-state index contributed by atoms with van der Waals surface area (Å²) in [5.41, 5.74) is 0.408. The zero-order valence-electron chi connectivity index (χ0n) is 11.8. The van der Waals surface area contributed by atoms with Gasteiger partial charge in [-0.15, -0.1) is 0 Å². The molecule has 2 atom stereocenters. The zero-order valence-corrected chi connectivity index (χ0v) is 11.8. The third kappa shape index (κ3) is 3.15. The van der Waals surface area contributed by atoms with Crippen LogP contribution in [0.5, 0.6) is 0 Å². The highest BCUT2D eigenvalue weighted by molar-refractivity contribution is 5.94. The van der Waals surface area contributed by atoms with Gasteiger partial charge in [0.15, 0.2) is 0 Å². The molecule has 1 aliphatic heterocycles. The van der Waals surface area contributed by atoms with Crippen LogP contribution < -0.4 is 5.32 Å². The van der Waals surface area contributed by atoms with Crippen LogP contribution in [0.3, 0.4) is 0 Å². The number of halogens is 2. The third-order valence-corrected chi connectivity index (χ3v) is 3.90. The lowest BCUT2D eigenvalue weighted by atomic mass is 10.1. The van der Waals surface area contributed by atoms with E-state index in [1.54, 1.807) is 35.2 Å². The highest BCUT2D eigenvalue weighted by Gasteiger charge is 2.49. The van der Waals surface area contributed by atoms with Gasteiger partial charge < -0.3 is 5.32 Å². The fourth-order valence-corrected chi connectivity index (χ4v) is 2.39. The molecule has 0 aliphatic carbocycles. The second-order valence-electron chi connectivity index (χ2n) is 5.34. The molecule has 1 saturated heterocycles. The Balaban J connectivity index is 2.04. The Hall–Kier alpha value is -1.49. The molecule has 5 heteroatoms. The molecule has 110 valence electrons. The van der Waals surface area contributed by atoms with Crippen LogP contribution in [0.15, 0.2) is 30.3 Å². The number of nitrogens with one attached hydrogen (secondary N) is 1. The molecule has 1 fully saturated rings. The van der Waals surface area contributed by atoms with Gasteiger partial charge in [-0.05, 0) is 25.5 Å². The quantitative estimate of drug-likeness (QED) is 0.920. The summed E-state index contributed by atoms with van der Waals surface area (Å²) in [6, 6.07) is 7.43. The van der Waals surface area contributed by atoms with Crippen molar-refractivity contribution in [1.29, 1.82) is 0 Å². The SMILES string of the molecule is CCC(C)N1CC(NC(=O)c2ccccc2)C(F)(F)C1. The molecule has 0 spiro atoms. The highest BCUT2D eigenvalue weighted by atomic mass is 19.3. The number of hydrogen-bond donors (Lipinski definition) is 1. The first kappa shape index (κ1) is 14.9. The molecule has 1 aliphatic rings. The Morgan fingerprint density at radius 1 is 1.45 bits per heavy atom. The first-order valence-electron chi connectivity index (χ1n) is 6.92. The van der Waals surface area contributed by atoms with Crippen molar-refractivity contribution in [3.63, 3.8) is 0 Å². The molecule has 1 N–H and O–H groups in total. The second kappa shape index (κ2) is 5.87. The predicted molar refractivity (Wildman–Crippen MR) is 74.0 cm³/mol. The van der Waals surface area contributed by atoms with Crippen LogP contribution in [-0.2, 0) is 0 Å². The van der Waals surface area contributed by atoms with Crippen molar-refractivity contribution < 1.29 is 13.6 Å². The number of carbonyl (C=O) groups excluding carboxylic acids is 1. The Morgan fingerprint density at radius 2 is 2.10 bits per heavy atom. The van der Waals surface area contributed by atoms with E-state index in [2.05, 4.69) is 5.32 Å². The van der Waals surface area contributed by atoms with Gasteiger partial charge in [0.25, 0.3) is 11.8 Å². The molecule has 1 aromatic carbocycles. The normalized spacial score (nSPS) is 23.5. The standard InChI is InChI=1S/C15H20F2N2O/c1-3-11(2)19-9-13(15(16,17)10-19)18-14(20)12-7-5-4-6-8-12/h4-8,11,13H,3,9-10H2,1-2H3,(H,18,20). The van der Waals surface area contributed by atoms with Crippen LogP contribution in [0.25, 0.3) is 0 Å². The minimum Gasteiger partial charge on any atom is -0.342 e. The zero-order chi connectivity index (χ0) is 14.8. The molecule has 0 saturated carbocycles. The van der Waals surface area contributed by atoms with Crippen molar-refractivity contribution in [2.75, 3.05) is 13.1 Å². The summed E-state index contributed by atoms with van der Waals surface area (Å²) in [5.74, 6) is -3.32. The van der Waals surface area contributed by atoms with Crippen molar-refractivity contribution in [3.8, 4) is 0 Å². The van der Waals surface area contributed by atoms with E-state index in [1.807, 2.05) is 13.8 Å². The van der Waals surface area contributed by atoms with Crippen LogP contribution in [-0.4, -0.2) is 41.9 Å². The van der Waals surface area contributed by atoms with Gasteiger partial charge in [-0.2, -0.15) is 0 Å². The first-order valence-corrected chi connectivity index (χ1v) is 6.92. The Bertz CT molecular complexity index is 464. The van der Waals surface area contributed by atoms with Crippen LogP contribution in [0.4, 0.5) is 8.78 Å². The first-order chi connectivity index (χ1) is 9.44. The number of alkyl halides is 2. The average molecular weight is 282 g/mol. The van der Waals surface area contributed by atoms with Crippen molar-refractivity contribution in [2.24, 2.45) is 0 Å². The lowest BCUT2D eigenvalue weighted by Crippen LogP contribution is -2.46. The lowest BCUT2D eigenvalue weighted by Gasteiger charge is -2.22. The van der Waals surface area contributed by atoms with Crippen LogP contribution in [0.1, 0.15) is 30.6 Å². The number of rotatable bonds is 4. The smallest absolute Gasteiger partial charge is 0.281 e. The minimum absolute atomic E-state index is 0.0968. The molecule has 1 amide bonds. The van der Waals surface area contributed by atoms with Crippen LogP contribution in [0, 0.1) is 0 Å². The Kier molecular flexibility index (Phi) is 4.38. The van der Waals surface area contributed by atoms with E-state index in [-0.39, 0.29) is 19.1 Å². The molecule has 0 aromatic heterocycles. The summed E-state index contributed by atoms with van der Waals surface area (Å²) >= 11 is 0. The largest absolute Gasteiger partial charge is 0.342 e. The molecule has 1 heterocycles. The van der Waals surface area contributed by atoms with Gasteiger partial charge >= 0.3 is 0 Å². The molecule has 20 heavy (non-hydrogen) atoms. The molecule has 3 nitrogen and oxygen atoms in total. The lowest BCUT2D eigenvalue weighted by molar-refractivity contribution is -0.0120. The summed E-state index contributed by atoms with van der Waals surface area (Å²) in [6.45, 7) is 3.80. The number of benzene rings is 1. The van der Waals surface area contributed by atoms with Gasteiger partial charge in [0.1, 0.15) is 6.04 Å². The number of nitrogens with zero attached hydrogens (tertiary/aromatic N) is 1. The Morgan fingerprint density at radius 3 is 2.70 bits per heavy atom. The predicted octanol–water partition coefficient (Wildman–Crippen LogP) is 2.53. The van der Waals surface area contributed by atoms with E-state index < -0.39 is 17.9 Å². The maximum absolute atomic E-state index is 14.0. The summed E-state index contributed by atoms with van der Waals surface area (Å²) in [7, 11) is 0. The van der Waals surface area contributed by atoms with Gasteiger partial charge in [-0.25, -0.2) is 8.78 Å². The summed E-state index contributed by atoms with van der Waals surface area (Å²) in [4.78, 5) is 13.7. The highest BCUT2D eigenvalue weighted by Crippen LogP contribution is 2.29. The minimum atomic E-state index is -2.88. The molecule has 1 aromatic rings. The summed E-state index contributed by atoms with van der Waals surface area (Å²) in [6.07, 6.45) is 0.815. The van der Waals surface area contributed by atoms with Crippen molar-refractivity contribution in [1.82, 2.24) is 10.2 Å². The van der Waals surface area contributed by atoms with Crippen molar-refractivity contribution in [2.45, 2.75) is 38.3 Å². The molecule has 2 unspecified atom stereocenters. The van der Waals surface area contributed by atoms with E-state index in [1.165, 1.54) is 0 Å². The average Bonchev–Trinajstić information content (AvgIpc) is 2.74. The molecule has 0 radical (unpaired) electrons. The molecular formula is C15H20F2N2O. The van der Waals surface area contributed by atoms with E-state index >= 15 is 0 Å². The summed E-state index contributed by atoms with van der Waals surface area (Å²) < 4.78 is 28.0. The number of amides is 1. The van der Waals surface area contributed by atoms with Gasteiger partial charge in [0.05, 0.1) is 6.54 Å². The van der Waals surface area contributed by atoms with Gasteiger partial charge in [0.2, 0.25) is 0 Å². The van der Waals surface area contributed by atoms with Crippen LogP contribution >= 0.6 is 0 Å². The monoisotopic (exact) mass is 282 g/mol. The van der Waals surface area contributed by atoms with Crippen LogP contribution in [0.2, 0.25) is 0 Å². The second-order valence-corrected chi connectivity index (χ2v) is 5.34. The van der Waals surface area contributed by atoms with Gasteiger partial charge in [-0.1, -0.05) is 25.1 Å². The van der Waals surface area contributed by atoms with E-state index in [0.717, 1.165) is 6.42 Å². The maximum atomic E-state index is 14.0. The van der Waals surface area contributed by atoms with E-state index in [4.69, 9.17) is 0 Å². The summed E-state index contributed by atoms with van der Waals surface area (Å²) in [5, 5.41) is 2.46. The number of likely N-dealkylation sites (tertiary alicyclic amines) is 1. The van der Waals surface area contributed by atoms with E-state index in [0.29, 0.717) is 5.56 Å². The van der Waals surface area contributed by atoms with Crippen molar-refractivity contribution >= 4 is 5.91 Å². The van der Waals surface area contributed by atoms with E-state index in [9.17, 15) is 13.6 Å². The van der Waals surface area contributed by atoms with Crippen molar-refractivity contribution in [3.05, 3.63) is 35.9 Å². The van der Waals surface area contributed by atoms with Gasteiger partial charge in [0, 0.05) is 18.2 Å². The number of hydrogen-bond acceptors (Lipinski definition) is 2. The maximum Gasteiger partial charge on any atom is 0.281 e. The molecule has 0 bridgehead atoms.